The lowest BCUT2D eigenvalue weighted by atomic mass is 10.1. The van der Waals surface area contributed by atoms with Gasteiger partial charge in [-0.1, -0.05) is 13.5 Å². The van der Waals surface area contributed by atoms with Crippen LogP contribution in [-0.4, -0.2) is 24.8 Å². The van der Waals surface area contributed by atoms with Crippen LogP contribution in [0.1, 0.15) is 20.3 Å². The van der Waals surface area contributed by atoms with Crippen molar-refractivity contribution in [3.8, 4) is 0 Å². The monoisotopic (exact) mass is 184 g/mol. The smallest absolute Gasteiger partial charge is 0.330 e. The van der Waals surface area contributed by atoms with Crippen molar-refractivity contribution < 1.29 is 14.3 Å². The van der Waals surface area contributed by atoms with Gasteiger partial charge in [0.25, 0.3) is 0 Å². The third-order valence-corrected chi connectivity index (χ3v) is 2.15. The molecule has 0 bridgehead atoms. The van der Waals surface area contributed by atoms with Gasteiger partial charge in [0.15, 0.2) is 0 Å². The predicted molar refractivity (Wildman–Crippen MR) is 49.3 cm³/mol. The molecule has 1 aliphatic rings. The van der Waals surface area contributed by atoms with Gasteiger partial charge in [0, 0.05) is 6.08 Å². The van der Waals surface area contributed by atoms with Crippen LogP contribution in [0.25, 0.3) is 0 Å². The number of ether oxygens (including phenoxy) is 2. The standard InChI is InChI=1S/C10H16O3/c1-4-10(11)12-6-7(2)5-9-8(3)13-9/h4,7-9H,1,5-6H2,2-3H3. The summed E-state index contributed by atoms with van der Waals surface area (Å²) in [6.07, 6.45) is 2.91. The normalized spacial score (nSPS) is 27.8. The Morgan fingerprint density at radius 2 is 2.38 bits per heavy atom. The molecular formula is C10H16O3. The Morgan fingerprint density at radius 3 is 2.85 bits per heavy atom. The molecule has 0 aromatic carbocycles. The highest BCUT2D eigenvalue weighted by Crippen LogP contribution is 2.27. The Hall–Kier alpha value is -0.830. The zero-order valence-electron chi connectivity index (χ0n) is 8.16. The van der Waals surface area contributed by atoms with Crippen LogP contribution in [0.4, 0.5) is 0 Å². The van der Waals surface area contributed by atoms with Crippen LogP contribution in [-0.2, 0) is 14.3 Å². The molecule has 0 aliphatic carbocycles. The maximum Gasteiger partial charge on any atom is 0.330 e. The second-order valence-electron chi connectivity index (χ2n) is 3.55. The third kappa shape index (κ3) is 3.59. The average Bonchev–Trinajstić information content (AvgIpc) is 2.77. The molecule has 3 nitrogen and oxygen atoms in total. The Morgan fingerprint density at radius 1 is 1.77 bits per heavy atom. The third-order valence-electron chi connectivity index (χ3n) is 2.15. The van der Waals surface area contributed by atoms with Crippen LogP contribution in [0.15, 0.2) is 12.7 Å². The van der Waals surface area contributed by atoms with Crippen LogP contribution < -0.4 is 0 Å². The van der Waals surface area contributed by atoms with Crippen LogP contribution in [0.3, 0.4) is 0 Å². The van der Waals surface area contributed by atoms with Crippen molar-refractivity contribution in [1.82, 2.24) is 0 Å². The van der Waals surface area contributed by atoms with Gasteiger partial charge in [-0.05, 0) is 19.3 Å². The van der Waals surface area contributed by atoms with E-state index in [9.17, 15) is 4.79 Å². The van der Waals surface area contributed by atoms with E-state index in [-0.39, 0.29) is 5.97 Å². The Labute approximate surface area is 78.7 Å². The first-order valence-corrected chi connectivity index (χ1v) is 4.58. The second kappa shape index (κ2) is 4.42. The second-order valence-corrected chi connectivity index (χ2v) is 3.55. The Bertz CT molecular complexity index is 200. The maximum atomic E-state index is 10.7. The van der Waals surface area contributed by atoms with Crippen molar-refractivity contribution in [3.05, 3.63) is 12.7 Å². The molecule has 3 unspecified atom stereocenters. The molecule has 0 aromatic heterocycles. The molecule has 1 aliphatic heterocycles. The summed E-state index contributed by atoms with van der Waals surface area (Å²) in [5.41, 5.74) is 0. The summed E-state index contributed by atoms with van der Waals surface area (Å²) < 4.78 is 10.2. The molecule has 0 amide bonds. The summed E-state index contributed by atoms with van der Waals surface area (Å²) in [5, 5.41) is 0. The fourth-order valence-electron chi connectivity index (χ4n) is 1.23. The van der Waals surface area contributed by atoms with Crippen LogP contribution in [0.5, 0.6) is 0 Å². The minimum atomic E-state index is -0.350. The van der Waals surface area contributed by atoms with E-state index in [1.807, 2.05) is 13.8 Å². The average molecular weight is 184 g/mol. The number of hydrogen-bond donors (Lipinski definition) is 0. The van der Waals surface area contributed by atoms with Crippen molar-refractivity contribution >= 4 is 5.97 Å². The SMILES string of the molecule is C=CC(=O)OCC(C)CC1OC1C. The van der Waals surface area contributed by atoms with Crippen LogP contribution in [0.2, 0.25) is 0 Å². The van der Waals surface area contributed by atoms with E-state index < -0.39 is 0 Å². The number of carbonyl (C=O) groups excluding carboxylic acids is 1. The van der Waals surface area contributed by atoms with E-state index in [2.05, 4.69) is 6.58 Å². The van der Waals surface area contributed by atoms with Gasteiger partial charge in [-0.15, -0.1) is 0 Å². The molecule has 1 rings (SSSR count). The number of hydrogen-bond acceptors (Lipinski definition) is 3. The van der Waals surface area contributed by atoms with Crippen LogP contribution in [0, 0.1) is 5.92 Å². The summed E-state index contributed by atoms with van der Waals surface area (Å²) >= 11 is 0. The lowest BCUT2D eigenvalue weighted by Gasteiger charge is -2.08. The molecule has 0 spiro atoms. The van der Waals surface area contributed by atoms with Gasteiger partial charge in [-0.3, -0.25) is 0 Å². The number of esters is 1. The molecule has 0 N–H and O–H groups in total. The van der Waals surface area contributed by atoms with E-state index in [0.29, 0.717) is 24.7 Å². The summed E-state index contributed by atoms with van der Waals surface area (Å²) in [5.74, 6) is 0.00969. The highest BCUT2D eigenvalue weighted by molar-refractivity contribution is 5.81. The topological polar surface area (TPSA) is 38.8 Å². The van der Waals surface area contributed by atoms with E-state index in [4.69, 9.17) is 9.47 Å². The van der Waals surface area contributed by atoms with Gasteiger partial charge < -0.3 is 9.47 Å². The van der Waals surface area contributed by atoms with Crippen LogP contribution >= 0.6 is 0 Å². The van der Waals surface area contributed by atoms with Gasteiger partial charge >= 0.3 is 5.97 Å². The van der Waals surface area contributed by atoms with Gasteiger partial charge in [0.2, 0.25) is 0 Å². The summed E-state index contributed by atoms with van der Waals surface area (Å²) in [4.78, 5) is 10.7. The van der Waals surface area contributed by atoms with Crippen molar-refractivity contribution in [3.63, 3.8) is 0 Å². The minimum Gasteiger partial charge on any atom is -0.462 e. The van der Waals surface area contributed by atoms with Crippen molar-refractivity contribution in [2.24, 2.45) is 5.92 Å². The molecule has 0 saturated carbocycles. The lowest BCUT2D eigenvalue weighted by molar-refractivity contribution is -0.139. The molecule has 74 valence electrons. The van der Waals surface area contributed by atoms with E-state index >= 15 is 0 Å². The molecule has 1 heterocycles. The Balaban J connectivity index is 2.07. The maximum absolute atomic E-state index is 10.7. The van der Waals surface area contributed by atoms with Gasteiger partial charge in [-0.25, -0.2) is 4.79 Å². The number of epoxide rings is 1. The fourth-order valence-corrected chi connectivity index (χ4v) is 1.23. The first kappa shape index (κ1) is 10.3. The lowest BCUT2D eigenvalue weighted by Crippen LogP contribution is -2.12. The van der Waals surface area contributed by atoms with Crippen molar-refractivity contribution in [1.29, 1.82) is 0 Å². The molecule has 0 aromatic rings. The fraction of sp³-hybridized carbons (Fsp3) is 0.700. The Kier molecular flexibility index (Phi) is 3.48. The zero-order chi connectivity index (χ0) is 9.84. The summed E-state index contributed by atoms with van der Waals surface area (Å²) in [6.45, 7) is 7.88. The van der Waals surface area contributed by atoms with Gasteiger partial charge in [0.1, 0.15) is 0 Å². The summed E-state index contributed by atoms with van der Waals surface area (Å²) in [7, 11) is 0. The summed E-state index contributed by atoms with van der Waals surface area (Å²) in [6, 6.07) is 0. The van der Waals surface area contributed by atoms with E-state index in [0.717, 1.165) is 6.42 Å². The van der Waals surface area contributed by atoms with E-state index in [1.165, 1.54) is 6.08 Å². The molecule has 1 fully saturated rings. The van der Waals surface area contributed by atoms with E-state index in [1.54, 1.807) is 0 Å². The molecule has 3 heteroatoms. The first-order chi connectivity index (χ1) is 6.13. The highest BCUT2D eigenvalue weighted by Gasteiger charge is 2.35. The minimum absolute atomic E-state index is 0.350. The highest BCUT2D eigenvalue weighted by atomic mass is 16.6. The quantitative estimate of drug-likeness (QED) is 0.369. The molecule has 1 saturated heterocycles. The van der Waals surface area contributed by atoms with Crippen molar-refractivity contribution in [2.75, 3.05) is 6.61 Å². The molecule has 0 radical (unpaired) electrons. The predicted octanol–water partition coefficient (Wildman–Crippen LogP) is 1.53. The zero-order valence-corrected chi connectivity index (χ0v) is 8.16. The molecular weight excluding hydrogens is 168 g/mol. The van der Waals surface area contributed by atoms with Crippen molar-refractivity contribution in [2.45, 2.75) is 32.5 Å². The molecule has 13 heavy (non-hydrogen) atoms. The number of rotatable bonds is 5. The molecule has 3 atom stereocenters. The number of carbonyl (C=O) groups is 1. The largest absolute Gasteiger partial charge is 0.462 e. The van der Waals surface area contributed by atoms with Gasteiger partial charge in [0.05, 0.1) is 18.8 Å². The van der Waals surface area contributed by atoms with Gasteiger partial charge in [-0.2, -0.15) is 0 Å². The first-order valence-electron chi connectivity index (χ1n) is 4.58.